The Morgan fingerprint density at radius 3 is 1.96 bits per heavy atom. The molecular weight excluding hydrogens is 324 g/mol. The Balaban J connectivity index is 2.33. The van der Waals surface area contributed by atoms with Crippen LogP contribution < -0.4 is 0 Å². The largest absolute Gasteiger partial charge is 0.368 e. The molecule has 2 rings (SSSR count). The Morgan fingerprint density at radius 2 is 1.48 bits per heavy atom. The number of aliphatic hydroxyl groups excluding tert-OH is 1. The van der Waals surface area contributed by atoms with Gasteiger partial charge in [0.15, 0.2) is 6.29 Å². The fourth-order valence-electron chi connectivity index (χ4n) is 6.16. The van der Waals surface area contributed by atoms with Crippen LogP contribution in [0.2, 0.25) is 22.2 Å². The molecule has 1 aliphatic rings. The number of benzene rings is 1. The number of hydrogen-bond donors (Lipinski definition) is 1. The zero-order valence-corrected chi connectivity index (χ0v) is 18.2. The monoisotopic (exact) mass is 362 g/mol. The van der Waals surface area contributed by atoms with Gasteiger partial charge in [-0.3, -0.25) is 0 Å². The van der Waals surface area contributed by atoms with Crippen LogP contribution in [0, 0.1) is 5.92 Å². The van der Waals surface area contributed by atoms with Crippen LogP contribution in [0.5, 0.6) is 0 Å². The van der Waals surface area contributed by atoms with E-state index in [0.29, 0.717) is 22.2 Å². The Morgan fingerprint density at radius 1 is 0.960 bits per heavy atom. The van der Waals surface area contributed by atoms with E-state index in [1.165, 1.54) is 5.56 Å². The molecule has 0 aromatic heterocycles. The van der Waals surface area contributed by atoms with Crippen LogP contribution >= 0.6 is 0 Å². The van der Waals surface area contributed by atoms with E-state index in [1.54, 1.807) is 0 Å². The summed E-state index contributed by atoms with van der Waals surface area (Å²) in [5.41, 5.74) is 3.94. The number of ether oxygens (including phenoxy) is 1. The molecule has 2 nitrogen and oxygen atoms in total. The topological polar surface area (TPSA) is 29.5 Å². The smallest absolute Gasteiger partial charge is 0.157 e. The summed E-state index contributed by atoms with van der Waals surface area (Å²) in [5.74, 6) is 0.258. The standard InChI is InChI=1S/C22H38O2Si/c1-15(2)25(16(3)4,17(5)6)21-18(7)24-22(23)20(21)14-13-19-11-9-8-10-12-19/h8-12,15-18,20-23H,13-14H2,1-7H3/t18?,20-,21+,22?/m1/s1. The van der Waals surface area contributed by atoms with Gasteiger partial charge in [-0.15, -0.1) is 0 Å². The highest BCUT2D eigenvalue weighted by Crippen LogP contribution is 2.57. The molecule has 1 saturated heterocycles. The van der Waals surface area contributed by atoms with E-state index in [1.807, 2.05) is 0 Å². The summed E-state index contributed by atoms with van der Waals surface area (Å²) in [6.07, 6.45) is 1.59. The Hall–Kier alpha value is -0.643. The fourth-order valence-corrected chi connectivity index (χ4v) is 14.4. The van der Waals surface area contributed by atoms with Gasteiger partial charge in [-0.2, -0.15) is 0 Å². The first-order chi connectivity index (χ1) is 11.7. The second-order valence-electron chi connectivity index (χ2n) is 8.91. The normalized spacial score (nSPS) is 27.6. The predicted molar refractivity (Wildman–Crippen MR) is 110 cm³/mol. The molecule has 2 unspecified atom stereocenters. The highest BCUT2D eigenvalue weighted by Gasteiger charge is 2.57. The molecule has 1 aromatic carbocycles. The third-order valence-corrected chi connectivity index (χ3v) is 14.9. The highest BCUT2D eigenvalue weighted by molar-refractivity contribution is 6.85. The minimum atomic E-state index is -1.69. The van der Waals surface area contributed by atoms with E-state index in [0.717, 1.165) is 12.8 Å². The first-order valence-electron chi connectivity index (χ1n) is 10.1. The summed E-state index contributed by atoms with van der Waals surface area (Å²) in [6.45, 7) is 16.7. The van der Waals surface area contributed by atoms with Crippen molar-refractivity contribution in [1.82, 2.24) is 0 Å². The average molecular weight is 363 g/mol. The lowest BCUT2D eigenvalue weighted by Gasteiger charge is -2.50. The molecule has 1 heterocycles. The van der Waals surface area contributed by atoms with Gasteiger partial charge < -0.3 is 9.84 Å². The first kappa shape index (κ1) is 20.7. The van der Waals surface area contributed by atoms with Crippen molar-refractivity contribution in [3.63, 3.8) is 0 Å². The van der Waals surface area contributed by atoms with Crippen LogP contribution in [0.3, 0.4) is 0 Å². The van der Waals surface area contributed by atoms with Crippen LogP contribution in [0.15, 0.2) is 30.3 Å². The molecule has 0 bridgehead atoms. The minimum Gasteiger partial charge on any atom is -0.368 e. The van der Waals surface area contributed by atoms with Gasteiger partial charge in [0.25, 0.3) is 0 Å². The number of hydrogen-bond acceptors (Lipinski definition) is 2. The molecule has 3 heteroatoms. The van der Waals surface area contributed by atoms with Gasteiger partial charge in [0.1, 0.15) is 0 Å². The number of aryl methyl sites for hydroxylation is 1. The Kier molecular flexibility index (Phi) is 6.92. The SMILES string of the molecule is CC1OC(O)[C@H](CCc2ccccc2)[C@H]1[Si](C(C)C)(C(C)C)C(C)C. The summed E-state index contributed by atoms with van der Waals surface area (Å²) >= 11 is 0. The molecule has 0 spiro atoms. The molecule has 142 valence electrons. The van der Waals surface area contributed by atoms with Gasteiger partial charge in [-0.1, -0.05) is 88.5 Å². The molecule has 0 saturated carbocycles. The first-order valence-corrected chi connectivity index (χ1v) is 12.4. The molecule has 1 N–H and O–H groups in total. The minimum absolute atomic E-state index is 0.162. The summed E-state index contributed by atoms with van der Waals surface area (Å²) < 4.78 is 6.02. The van der Waals surface area contributed by atoms with E-state index in [-0.39, 0.29) is 12.0 Å². The molecule has 1 fully saturated rings. The summed E-state index contributed by atoms with van der Waals surface area (Å²) in [7, 11) is -1.69. The van der Waals surface area contributed by atoms with Crippen molar-refractivity contribution in [2.45, 2.75) is 95.9 Å². The zero-order chi connectivity index (χ0) is 18.8. The molecule has 0 amide bonds. The third kappa shape index (κ3) is 3.89. The lowest BCUT2D eigenvalue weighted by Crippen LogP contribution is -2.53. The van der Waals surface area contributed by atoms with E-state index in [4.69, 9.17) is 4.74 Å². The fraction of sp³-hybridized carbons (Fsp3) is 0.727. The molecule has 1 aromatic rings. The summed E-state index contributed by atoms with van der Waals surface area (Å²) in [6, 6.07) is 10.7. The van der Waals surface area contributed by atoms with Gasteiger partial charge in [0.2, 0.25) is 0 Å². The Labute approximate surface area is 156 Å². The van der Waals surface area contributed by atoms with Crippen molar-refractivity contribution in [3.05, 3.63) is 35.9 Å². The van der Waals surface area contributed by atoms with Crippen LogP contribution in [-0.4, -0.2) is 25.6 Å². The molecule has 1 aliphatic heterocycles. The van der Waals surface area contributed by atoms with Gasteiger partial charge in [-0.25, -0.2) is 0 Å². The third-order valence-electron chi connectivity index (χ3n) is 6.87. The Bertz CT molecular complexity index is 504. The second-order valence-corrected chi connectivity index (χ2v) is 15.0. The van der Waals surface area contributed by atoms with Crippen LogP contribution in [0.4, 0.5) is 0 Å². The van der Waals surface area contributed by atoms with Crippen LogP contribution in [0.25, 0.3) is 0 Å². The number of rotatable bonds is 7. The summed E-state index contributed by atoms with van der Waals surface area (Å²) in [5, 5.41) is 10.7. The summed E-state index contributed by atoms with van der Waals surface area (Å²) in [4.78, 5) is 0. The average Bonchev–Trinajstić information content (AvgIpc) is 2.80. The van der Waals surface area contributed by atoms with Crippen molar-refractivity contribution < 1.29 is 9.84 Å². The van der Waals surface area contributed by atoms with Crippen molar-refractivity contribution in [3.8, 4) is 0 Å². The molecule has 25 heavy (non-hydrogen) atoms. The van der Waals surface area contributed by atoms with Gasteiger partial charge in [0, 0.05) is 5.92 Å². The molecule has 0 aliphatic carbocycles. The maximum absolute atomic E-state index is 10.7. The second kappa shape index (κ2) is 8.37. The van der Waals surface area contributed by atoms with E-state index < -0.39 is 14.4 Å². The van der Waals surface area contributed by atoms with Crippen molar-refractivity contribution in [2.75, 3.05) is 0 Å². The maximum Gasteiger partial charge on any atom is 0.157 e. The van der Waals surface area contributed by atoms with E-state index in [9.17, 15) is 5.11 Å². The molecule has 0 radical (unpaired) electrons. The van der Waals surface area contributed by atoms with E-state index >= 15 is 0 Å². The highest BCUT2D eigenvalue weighted by atomic mass is 28.3. The van der Waals surface area contributed by atoms with Crippen LogP contribution in [-0.2, 0) is 11.2 Å². The number of aliphatic hydroxyl groups is 1. The van der Waals surface area contributed by atoms with Gasteiger partial charge in [0.05, 0.1) is 14.2 Å². The predicted octanol–water partition coefficient (Wildman–Crippen LogP) is 6.02. The molecule has 4 atom stereocenters. The van der Waals surface area contributed by atoms with Crippen molar-refractivity contribution in [1.29, 1.82) is 0 Å². The lowest BCUT2D eigenvalue weighted by molar-refractivity contribution is -0.104. The van der Waals surface area contributed by atoms with Gasteiger partial charge >= 0.3 is 0 Å². The molecular formula is C22H38O2Si. The quantitative estimate of drug-likeness (QED) is 0.601. The maximum atomic E-state index is 10.7. The lowest BCUT2D eigenvalue weighted by atomic mass is 9.95. The van der Waals surface area contributed by atoms with Crippen molar-refractivity contribution >= 4 is 8.07 Å². The van der Waals surface area contributed by atoms with Gasteiger partial charge in [-0.05, 0) is 30.9 Å². The van der Waals surface area contributed by atoms with Crippen molar-refractivity contribution in [2.24, 2.45) is 5.92 Å². The van der Waals surface area contributed by atoms with E-state index in [2.05, 4.69) is 78.8 Å². The zero-order valence-electron chi connectivity index (χ0n) is 17.2. The van der Waals surface area contributed by atoms with Crippen LogP contribution in [0.1, 0.15) is 60.5 Å².